The molecule has 0 aliphatic carbocycles. The number of thioether (sulfide) groups is 1. The standard InChI is InChI=1S/C21H20N4O3S/c1-13-5-4-6-14(9-13)25-8-7-22-21(25)29-12-19-23-16-11-18(28-3)17(27-2)10-15(16)20(26)24-19/h4-11H,12H2,1-3H3,(H,23,24,26). The van der Waals surface area contributed by atoms with E-state index in [1.54, 1.807) is 25.4 Å². The summed E-state index contributed by atoms with van der Waals surface area (Å²) in [4.78, 5) is 24.4. The second-order valence-electron chi connectivity index (χ2n) is 6.44. The van der Waals surface area contributed by atoms with Gasteiger partial charge in [-0.25, -0.2) is 9.97 Å². The van der Waals surface area contributed by atoms with Crippen molar-refractivity contribution in [2.45, 2.75) is 17.8 Å². The molecule has 0 bridgehead atoms. The molecule has 0 spiro atoms. The number of rotatable bonds is 6. The monoisotopic (exact) mass is 408 g/mol. The van der Waals surface area contributed by atoms with Crippen LogP contribution in [0, 0.1) is 6.92 Å². The molecule has 2 aromatic carbocycles. The molecule has 2 aromatic heterocycles. The highest BCUT2D eigenvalue weighted by Gasteiger charge is 2.12. The average molecular weight is 408 g/mol. The number of ether oxygens (including phenoxy) is 2. The van der Waals surface area contributed by atoms with Crippen LogP contribution in [0.1, 0.15) is 11.4 Å². The maximum Gasteiger partial charge on any atom is 0.258 e. The molecule has 2 heterocycles. The van der Waals surface area contributed by atoms with E-state index in [1.807, 2.05) is 22.9 Å². The summed E-state index contributed by atoms with van der Waals surface area (Å²) in [7, 11) is 3.09. The third-order valence-electron chi connectivity index (χ3n) is 4.48. The highest BCUT2D eigenvalue weighted by Crippen LogP contribution is 2.30. The molecule has 148 valence electrons. The zero-order valence-electron chi connectivity index (χ0n) is 16.3. The Hall–Kier alpha value is -3.26. The number of aryl methyl sites for hydroxylation is 1. The Kier molecular flexibility index (Phi) is 5.26. The van der Waals surface area contributed by atoms with E-state index in [9.17, 15) is 4.79 Å². The maximum atomic E-state index is 12.5. The molecule has 0 unspecified atom stereocenters. The van der Waals surface area contributed by atoms with Crippen molar-refractivity contribution in [1.82, 2.24) is 19.5 Å². The fourth-order valence-corrected chi connectivity index (χ4v) is 3.93. The molecule has 29 heavy (non-hydrogen) atoms. The van der Waals surface area contributed by atoms with Crippen LogP contribution in [-0.2, 0) is 5.75 Å². The number of aromatic nitrogens is 4. The number of hydrogen-bond acceptors (Lipinski definition) is 6. The third kappa shape index (κ3) is 3.84. The Morgan fingerprint density at radius 2 is 1.93 bits per heavy atom. The van der Waals surface area contributed by atoms with Crippen molar-refractivity contribution in [2.24, 2.45) is 0 Å². The van der Waals surface area contributed by atoms with Crippen LogP contribution in [0.2, 0.25) is 0 Å². The van der Waals surface area contributed by atoms with Gasteiger partial charge in [0.05, 0.1) is 30.9 Å². The van der Waals surface area contributed by atoms with E-state index in [0.29, 0.717) is 34.0 Å². The minimum Gasteiger partial charge on any atom is -0.493 e. The number of hydrogen-bond donors (Lipinski definition) is 1. The first-order chi connectivity index (χ1) is 14.1. The molecule has 0 radical (unpaired) electrons. The highest BCUT2D eigenvalue weighted by atomic mass is 32.2. The van der Waals surface area contributed by atoms with Gasteiger partial charge in [0, 0.05) is 24.1 Å². The SMILES string of the molecule is COc1cc2nc(CSc3nccn3-c3cccc(C)c3)[nH]c(=O)c2cc1OC. The summed E-state index contributed by atoms with van der Waals surface area (Å²) < 4.78 is 12.6. The van der Waals surface area contributed by atoms with Gasteiger partial charge in [0.2, 0.25) is 0 Å². The fraction of sp³-hybridized carbons (Fsp3) is 0.190. The lowest BCUT2D eigenvalue weighted by Gasteiger charge is -2.10. The van der Waals surface area contributed by atoms with Crippen LogP contribution in [-0.4, -0.2) is 33.7 Å². The number of methoxy groups -OCH3 is 2. The lowest BCUT2D eigenvalue weighted by Crippen LogP contribution is -2.12. The van der Waals surface area contributed by atoms with Crippen molar-refractivity contribution < 1.29 is 9.47 Å². The molecule has 0 saturated carbocycles. The number of H-pyrrole nitrogens is 1. The molecule has 4 rings (SSSR count). The normalized spacial score (nSPS) is 11.0. The van der Waals surface area contributed by atoms with E-state index in [1.165, 1.54) is 24.4 Å². The van der Waals surface area contributed by atoms with Gasteiger partial charge in [-0.05, 0) is 30.7 Å². The minimum atomic E-state index is -0.214. The minimum absolute atomic E-state index is 0.214. The van der Waals surface area contributed by atoms with E-state index in [0.717, 1.165) is 10.8 Å². The molecule has 1 N–H and O–H groups in total. The molecule has 7 nitrogen and oxygen atoms in total. The second-order valence-corrected chi connectivity index (χ2v) is 7.39. The van der Waals surface area contributed by atoms with Crippen molar-refractivity contribution in [1.29, 1.82) is 0 Å². The van der Waals surface area contributed by atoms with Gasteiger partial charge in [-0.1, -0.05) is 23.9 Å². The molecule has 0 atom stereocenters. The zero-order chi connectivity index (χ0) is 20.4. The Labute approximate surface area is 171 Å². The van der Waals surface area contributed by atoms with Gasteiger partial charge in [0.1, 0.15) is 5.82 Å². The van der Waals surface area contributed by atoms with Crippen molar-refractivity contribution in [3.8, 4) is 17.2 Å². The number of fused-ring (bicyclic) bond motifs is 1. The second kappa shape index (κ2) is 8.00. The van der Waals surface area contributed by atoms with Crippen molar-refractivity contribution in [3.63, 3.8) is 0 Å². The van der Waals surface area contributed by atoms with E-state index in [-0.39, 0.29) is 5.56 Å². The van der Waals surface area contributed by atoms with E-state index >= 15 is 0 Å². The first-order valence-corrected chi connectivity index (χ1v) is 9.95. The number of aromatic amines is 1. The van der Waals surface area contributed by atoms with Crippen LogP contribution in [0.3, 0.4) is 0 Å². The Bertz CT molecular complexity index is 1230. The summed E-state index contributed by atoms with van der Waals surface area (Å²) >= 11 is 1.51. The van der Waals surface area contributed by atoms with Gasteiger partial charge in [-0.15, -0.1) is 0 Å². The van der Waals surface area contributed by atoms with Crippen LogP contribution >= 0.6 is 11.8 Å². The molecule has 0 amide bonds. The summed E-state index contributed by atoms with van der Waals surface area (Å²) in [6, 6.07) is 11.6. The summed E-state index contributed by atoms with van der Waals surface area (Å²) in [6.45, 7) is 2.06. The van der Waals surface area contributed by atoms with Gasteiger partial charge in [0.15, 0.2) is 16.7 Å². The molecule has 4 aromatic rings. The predicted octanol–water partition coefficient (Wildman–Crippen LogP) is 3.73. The Balaban J connectivity index is 1.63. The first-order valence-electron chi connectivity index (χ1n) is 8.97. The van der Waals surface area contributed by atoms with E-state index in [2.05, 4.69) is 34.0 Å². The molecule has 0 aliphatic heterocycles. The quantitative estimate of drug-likeness (QED) is 0.490. The van der Waals surface area contributed by atoms with Crippen LogP contribution in [0.25, 0.3) is 16.6 Å². The van der Waals surface area contributed by atoms with Crippen LogP contribution in [0.5, 0.6) is 11.5 Å². The van der Waals surface area contributed by atoms with Gasteiger partial charge in [-0.2, -0.15) is 0 Å². The van der Waals surface area contributed by atoms with Crippen LogP contribution in [0.4, 0.5) is 0 Å². The summed E-state index contributed by atoms with van der Waals surface area (Å²) in [6.07, 6.45) is 3.68. The summed E-state index contributed by atoms with van der Waals surface area (Å²) in [5.41, 5.74) is 2.57. The van der Waals surface area contributed by atoms with Crippen LogP contribution in [0.15, 0.2) is 58.7 Å². The summed E-state index contributed by atoms with van der Waals surface area (Å²) in [5, 5.41) is 1.28. The molecular weight excluding hydrogens is 388 g/mol. The smallest absolute Gasteiger partial charge is 0.258 e. The average Bonchev–Trinajstić information content (AvgIpc) is 3.20. The summed E-state index contributed by atoms with van der Waals surface area (Å²) in [5.74, 6) is 2.07. The number of nitrogens with one attached hydrogen (secondary N) is 1. The highest BCUT2D eigenvalue weighted by molar-refractivity contribution is 7.98. The Morgan fingerprint density at radius 3 is 2.69 bits per heavy atom. The first kappa shape index (κ1) is 19.1. The Morgan fingerprint density at radius 1 is 1.14 bits per heavy atom. The largest absolute Gasteiger partial charge is 0.493 e. The van der Waals surface area contributed by atoms with Gasteiger partial charge < -0.3 is 14.5 Å². The van der Waals surface area contributed by atoms with Gasteiger partial charge in [0.25, 0.3) is 5.56 Å². The lowest BCUT2D eigenvalue weighted by molar-refractivity contribution is 0.355. The maximum absolute atomic E-state index is 12.5. The number of benzene rings is 2. The van der Waals surface area contributed by atoms with Crippen molar-refractivity contribution in [3.05, 3.63) is 70.5 Å². The van der Waals surface area contributed by atoms with E-state index in [4.69, 9.17) is 9.47 Å². The predicted molar refractivity (Wildman–Crippen MR) is 113 cm³/mol. The zero-order valence-corrected chi connectivity index (χ0v) is 17.1. The lowest BCUT2D eigenvalue weighted by atomic mass is 10.2. The van der Waals surface area contributed by atoms with Gasteiger partial charge in [-0.3, -0.25) is 9.36 Å². The number of imidazole rings is 1. The van der Waals surface area contributed by atoms with Crippen molar-refractivity contribution >= 4 is 22.7 Å². The molecular formula is C21H20N4O3S. The van der Waals surface area contributed by atoms with Gasteiger partial charge >= 0.3 is 0 Å². The third-order valence-corrected chi connectivity index (χ3v) is 5.46. The molecule has 0 saturated heterocycles. The molecule has 8 heteroatoms. The van der Waals surface area contributed by atoms with E-state index < -0.39 is 0 Å². The van der Waals surface area contributed by atoms with Crippen molar-refractivity contribution in [2.75, 3.05) is 14.2 Å². The van der Waals surface area contributed by atoms with Crippen LogP contribution < -0.4 is 15.0 Å². The fourth-order valence-electron chi connectivity index (χ4n) is 3.09. The topological polar surface area (TPSA) is 82.0 Å². The molecule has 0 aliphatic rings. The number of nitrogens with zero attached hydrogens (tertiary/aromatic N) is 3. The molecule has 0 fully saturated rings.